The molecule has 0 spiro atoms. The zero-order valence-electron chi connectivity index (χ0n) is 21.8. The first-order chi connectivity index (χ1) is 18.5. The summed E-state index contributed by atoms with van der Waals surface area (Å²) in [5.41, 5.74) is 1.72. The zero-order chi connectivity index (χ0) is 26.6. The Morgan fingerprint density at radius 2 is 1.92 bits per heavy atom. The summed E-state index contributed by atoms with van der Waals surface area (Å²) in [4.78, 5) is 36.8. The van der Waals surface area contributed by atoms with E-state index in [0.29, 0.717) is 46.3 Å². The lowest BCUT2D eigenvalue weighted by Gasteiger charge is -2.32. The summed E-state index contributed by atoms with van der Waals surface area (Å²) < 4.78 is 7.74. The van der Waals surface area contributed by atoms with Crippen molar-refractivity contribution in [2.24, 2.45) is 5.92 Å². The minimum Gasteiger partial charge on any atom is -0.499 e. The summed E-state index contributed by atoms with van der Waals surface area (Å²) in [7, 11) is 0. The van der Waals surface area contributed by atoms with Crippen LogP contribution >= 0.6 is 11.3 Å². The van der Waals surface area contributed by atoms with Crippen LogP contribution in [0.1, 0.15) is 59.8 Å². The van der Waals surface area contributed by atoms with Gasteiger partial charge >= 0.3 is 0 Å². The van der Waals surface area contributed by atoms with E-state index in [-0.39, 0.29) is 23.9 Å². The minimum absolute atomic E-state index is 0.0613. The largest absolute Gasteiger partial charge is 0.499 e. The summed E-state index contributed by atoms with van der Waals surface area (Å²) in [6.45, 7) is 9.77. The maximum Gasteiger partial charge on any atom is 0.273 e. The first-order valence-corrected chi connectivity index (χ1v) is 14.2. The normalized spacial score (nSPS) is 16.4. The molecule has 5 rings (SSSR count). The molecule has 0 N–H and O–H groups in total. The summed E-state index contributed by atoms with van der Waals surface area (Å²) in [6, 6.07) is 11.4. The Morgan fingerprint density at radius 3 is 2.63 bits per heavy atom. The fourth-order valence-corrected chi connectivity index (χ4v) is 6.40. The SMILES string of the molecule is C=C(OCC)C1CCN(C(=O)c2cc3nc(N4CCCCC4)n(Cc4ccccc4C#N)c(=O)c3s2)CC1. The minimum atomic E-state index is -0.168. The van der Waals surface area contributed by atoms with E-state index in [4.69, 9.17) is 9.72 Å². The smallest absolute Gasteiger partial charge is 0.273 e. The van der Waals surface area contributed by atoms with Gasteiger partial charge in [0, 0.05) is 32.1 Å². The van der Waals surface area contributed by atoms with Crippen LogP contribution in [0.25, 0.3) is 10.2 Å². The number of carbonyl (C=O) groups is 1. The fourth-order valence-electron chi connectivity index (χ4n) is 5.38. The number of aromatic nitrogens is 2. The average Bonchev–Trinajstić information content (AvgIpc) is 3.39. The maximum atomic E-state index is 13.9. The molecule has 2 aliphatic rings. The number of amides is 1. The Labute approximate surface area is 226 Å². The number of fused-ring (bicyclic) bond motifs is 1. The van der Waals surface area contributed by atoms with Gasteiger partial charge in [0.1, 0.15) is 4.70 Å². The molecule has 198 valence electrons. The van der Waals surface area contributed by atoms with E-state index in [1.54, 1.807) is 16.7 Å². The summed E-state index contributed by atoms with van der Waals surface area (Å²) >= 11 is 1.22. The number of rotatable bonds is 7. The molecule has 8 nitrogen and oxygen atoms in total. The molecule has 0 radical (unpaired) electrons. The number of benzene rings is 1. The van der Waals surface area contributed by atoms with Crippen molar-refractivity contribution in [3.8, 4) is 6.07 Å². The number of nitrogens with zero attached hydrogens (tertiary/aromatic N) is 5. The lowest BCUT2D eigenvalue weighted by molar-refractivity contribution is 0.0673. The van der Waals surface area contributed by atoms with Crippen LogP contribution in [0.15, 0.2) is 47.5 Å². The second kappa shape index (κ2) is 11.4. The second-order valence-corrected chi connectivity index (χ2v) is 11.0. The topological polar surface area (TPSA) is 91.5 Å². The molecule has 9 heteroatoms. The predicted molar refractivity (Wildman–Crippen MR) is 150 cm³/mol. The molecule has 2 saturated heterocycles. The summed E-state index contributed by atoms with van der Waals surface area (Å²) in [5, 5.41) is 9.60. The number of ether oxygens (including phenoxy) is 1. The number of piperidine rings is 2. The number of hydrogen-bond donors (Lipinski definition) is 0. The first-order valence-electron chi connectivity index (χ1n) is 13.4. The number of anilines is 1. The Balaban J connectivity index is 1.47. The molecule has 0 unspecified atom stereocenters. The molecule has 0 bridgehead atoms. The molecule has 4 heterocycles. The van der Waals surface area contributed by atoms with Crippen molar-refractivity contribution in [2.45, 2.75) is 45.6 Å². The fraction of sp³-hybridized carbons (Fsp3) is 0.448. The van der Waals surface area contributed by atoms with Crippen LogP contribution in [0.4, 0.5) is 5.95 Å². The first kappa shape index (κ1) is 26.0. The molecule has 1 amide bonds. The number of nitriles is 1. The van der Waals surface area contributed by atoms with Crippen molar-refractivity contribution in [1.29, 1.82) is 5.26 Å². The molecule has 0 atom stereocenters. The molecule has 1 aromatic carbocycles. The van der Waals surface area contributed by atoms with Gasteiger partial charge in [0.05, 0.1) is 40.9 Å². The number of likely N-dealkylation sites (tertiary alicyclic amines) is 1. The van der Waals surface area contributed by atoms with Gasteiger partial charge in [-0.25, -0.2) is 4.98 Å². The Hall–Kier alpha value is -3.64. The van der Waals surface area contributed by atoms with Crippen molar-refractivity contribution in [3.63, 3.8) is 0 Å². The third-order valence-corrected chi connectivity index (χ3v) is 8.60. The average molecular weight is 532 g/mol. The van der Waals surface area contributed by atoms with Gasteiger partial charge in [-0.2, -0.15) is 5.26 Å². The number of allylic oxidation sites excluding steroid dienone is 1. The number of carbonyl (C=O) groups excluding carboxylic acids is 1. The highest BCUT2D eigenvalue weighted by atomic mass is 32.1. The predicted octanol–water partition coefficient (Wildman–Crippen LogP) is 4.77. The Morgan fingerprint density at radius 1 is 1.18 bits per heavy atom. The highest BCUT2D eigenvalue weighted by molar-refractivity contribution is 7.20. The van der Waals surface area contributed by atoms with Gasteiger partial charge in [0.25, 0.3) is 11.5 Å². The zero-order valence-corrected chi connectivity index (χ0v) is 22.6. The third kappa shape index (κ3) is 5.18. The van der Waals surface area contributed by atoms with Gasteiger partial charge in [-0.15, -0.1) is 11.3 Å². The van der Waals surface area contributed by atoms with Crippen molar-refractivity contribution in [1.82, 2.24) is 14.5 Å². The van der Waals surface area contributed by atoms with Crippen molar-refractivity contribution < 1.29 is 9.53 Å². The molecule has 2 aromatic heterocycles. The van der Waals surface area contributed by atoms with E-state index in [1.165, 1.54) is 11.3 Å². The third-order valence-electron chi connectivity index (χ3n) is 7.50. The molecule has 0 aliphatic carbocycles. The molecular formula is C29H33N5O3S. The lowest BCUT2D eigenvalue weighted by atomic mass is 9.95. The standard InChI is InChI=1S/C29H33N5O3S/c1-3-37-20(2)21-11-15-32(16-12-21)27(35)25-17-24-26(38-25)28(36)34(19-23-10-6-5-9-22(23)18-30)29(31-24)33-13-7-4-8-14-33/h5-6,9-10,17,21H,2-4,7-8,11-16,19H2,1H3. The molecule has 2 fully saturated rings. The van der Waals surface area contributed by atoms with Crippen LogP contribution in [-0.4, -0.2) is 53.1 Å². The molecular weight excluding hydrogens is 498 g/mol. The van der Waals surface area contributed by atoms with Gasteiger partial charge in [-0.05, 0) is 56.7 Å². The molecule has 3 aromatic rings. The lowest BCUT2D eigenvalue weighted by Crippen LogP contribution is -2.38. The van der Waals surface area contributed by atoms with Crippen LogP contribution in [0.3, 0.4) is 0 Å². The van der Waals surface area contributed by atoms with Crippen LogP contribution in [-0.2, 0) is 11.3 Å². The van der Waals surface area contributed by atoms with Gasteiger partial charge < -0.3 is 14.5 Å². The van der Waals surface area contributed by atoms with Crippen molar-refractivity contribution in [2.75, 3.05) is 37.7 Å². The molecule has 2 aliphatic heterocycles. The Kier molecular flexibility index (Phi) is 7.79. The number of hydrogen-bond acceptors (Lipinski definition) is 7. The summed E-state index contributed by atoms with van der Waals surface area (Å²) in [6.07, 6.45) is 4.88. The Bertz CT molecular complexity index is 1440. The van der Waals surface area contributed by atoms with Crippen LogP contribution in [0, 0.1) is 17.2 Å². The van der Waals surface area contributed by atoms with E-state index in [2.05, 4.69) is 17.5 Å². The van der Waals surface area contributed by atoms with Crippen LogP contribution in [0.2, 0.25) is 0 Å². The van der Waals surface area contributed by atoms with E-state index >= 15 is 0 Å². The quantitative estimate of drug-likeness (QED) is 0.408. The highest BCUT2D eigenvalue weighted by Gasteiger charge is 2.28. The van der Waals surface area contributed by atoms with Crippen LogP contribution in [0.5, 0.6) is 0 Å². The van der Waals surface area contributed by atoms with Gasteiger partial charge in [-0.1, -0.05) is 24.8 Å². The molecule has 38 heavy (non-hydrogen) atoms. The van der Waals surface area contributed by atoms with E-state index in [1.807, 2.05) is 30.0 Å². The van der Waals surface area contributed by atoms with E-state index in [0.717, 1.165) is 56.5 Å². The maximum absolute atomic E-state index is 13.9. The monoisotopic (exact) mass is 531 g/mol. The summed E-state index contributed by atoms with van der Waals surface area (Å²) in [5.74, 6) is 1.61. The van der Waals surface area contributed by atoms with E-state index < -0.39 is 0 Å². The van der Waals surface area contributed by atoms with Gasteiger partial charge in [0.2, 0.25) is 5.95 Å². The van der Waals surface area contributed by atoms with Crippen molar-refractivity contribution in [3.05, 3.63) is 69.0 Å². The highest BCUT2D eigenvalue weighted by Crippen LogP contribution is 2.30. The van der Waals surface area contributed by atoms with Gasteiger partial charge in [0.15, 0.2) is 0 Å². The number of thiophene rings is 1. The van der Waals surface area contributed by atoms with Gasteiger partial charge in [-0.3, -0.25) is 14.2 Å². The van der Waals surface area contributed by atoms with E-state index in [9.17, 15) is 14.9 Å². The van der Waals surface area contributed by atoms with Crippen LogP contribution < -0.4 is 10.5 Å². The molecule has 0 saturated carbocycles. The van der Waals surface area contributed by atoms with Crippen molar-refractivity contribution >= 4 is 33.4 Å². The second-order valence-electron chi connectivity index (χ2n) is 9.91.